The van der Waals surface area contributed by atoms with Crippen LogP contribution in [-0.4, -0.2) is 9.97 Å². The molecule has 0 saturated carbocycles. The van der Waals surface area contributed by atoms with Gasteiger partial charge in [-0.2, -0.15) is 0 Å². The lowest BCUT2D eigenvalue weighted by atomic mass is 10.1. The Morgan fingerprint density at radius 2 is 1.59 bits per heavy atom. The standard InChI is InChI=1S/C19H22N2O/c1-11-7-6-8-12(2)18(11)22-15(5)19-20-16-9-13(3)14(4)10-17(16)21-19/h6-10,15H,1-5H3,(H,20,21)/t15-/m1/s1. The van der Waals surface area contributed by atoms with Crippen LogP contribution in [0.15, 0.2) is 30.3 Å². The van der Waals surface area contributed by atoms with Gasteiger partial charge in [-0.3, -0.25) is 0 Å². The Hall–Kier alpha value is -2.29. The Kier molecular flexibility index (Phi) is 3.65. The number of benzene rings is 2. The van der Waals surface area contributed by atoms with Crippen molar-refractivity contribution in [2.45, 2.75) is 40.7 Å². The molecule has 0 aliphatic heterocycles. The minimum Gasteiger partial charge on any atom is -0.482 e. The van der Waals surface area contributed by atoms with Gasteiger partial charge in [-0.1, -0.05) is 18.2 Å². The highest BCUT2D eigenvalue weighted by Crippen LogP contribution is 2.28. The highest BCUT2D eigenvalue weighted by Gasteiger charge is 2.15. The number of aryl methyl sites for hydroxylation is 4. The van der Waals surface area contributed by atoms with Gasteiger partial charge in [0.15, 0.2) is 6.10 Å². The molecule has 1 heterocycles. The second-order valence-corrected chi connectivity index (χ2v) is 6.06. The van der Waals surface area contributed by atoms with Crippen molar-refractivity contribution in [1.29, 1.82) is 0 Å². The van der Waals surface area contributed by atoms with Crippen LogP contribution in [0.3, 0.4) is 0 Å². The summed E-state index contributed by atoms with van der Waals surface area (Å²) in [6, 6.07) is 10.5. The molecule has 0 radical (unpaired) electrons. The SMILES string of the molecule is Cc1cc2nc([C@@H](C)Oc3c(C)cccc3C)[nH]c2cc1C. The first kappa shape index (κ1) is 14.6. The highest BCUT2D eigenvalue weighted by molar-refractivity contribution is 5.77. The van der Waals surface area contributed by atoms with Crippen LogP contribution in [0.4, 0.5) is 0 Å². The summed E-state index contributed by atoms with van der Waals surface area (Å²) in [4.78, 5) is 8.08. The predicted octanol–water partition coefficient (Wildman–Crippen LogP) is 4.94. The molecule has 1 N–H and O–H groups in total. The first-order chi connectivity index (χ1) is 10.5. The summed E-state index contributed by atoms with van der Waals surface area (Å²) in [6.45, 7) is 10.4. The third kappa shape index (κ3) is 2.59. The molecule has 0 saturated heterocycles. The molecule has 1 atom stereocenters. The summed E-state index contributed by atoms with van der Waals surface area (Å²) in [7, 11) is 0. The number of aromatic amines is 1. The summed E-state index contributed by atoms with van der Waals surface area (Å²) >= 11 is 0. The van der Waals surface area contributed by atoms with Crippen LogP contribution in [0.25, 0.3) is 11.0 Å². The van der Waals surface area contributed by atoms with Gasteiger partial charge in [-0.15, -0.1) is 0 Å². The van der Waals surface area contributed by atoms with Crippen LogP contribution in [0.2, 0.25) is 0 Å². The van der Waals surface area contributed by atoms with Gasteiger partial charge in [0.25, 0.3) is 0 Å². The number of nitrogens with zero attached hydrogens (tertiary/aromatic N) is 1. The summed E-state index contributed by atoms with van der Waals surface area (Å²) in [6.07, 6.45) is -0.118. The molecule has 22 heavy (non-hydrogen) atoms. The average Bonchev–Trinajstić information content (AvgIpc) is 2.86. The van der Waals surface area contributed by atoms with Crippen molar-refractivity contribution < 1.29 is 4.74 Å². The molecule has 2 aromatic carbocycles. The maximum absolute atomic E-state index is 6.16. The van der Waals surface area contributed by atoms with Crippen LogP contribution >= 0.6 is 0 Å². The van der Waals surface area contributed by atoms with E-state index in [4.69, 9.17) is 4.74 Å². The quantitative estimate of drug-likeness (QED) is 0.743. The molecule has 3 rings (SSSR count). The van der Waals surface area contributed by atoms with Gasteiger partial charge in [-0.05, 0) is 69.0 Å². The second kappa shape index (κ2) is 5.48. The molecule has 0 aliphatic carbocycles. The number of para-hydroxylation sites is 1. The van der Waals surface area contributed by atoms with Gasteiger partial charge >= 0.3 is 0 Å². The van der Waals surface area contributed by atoms with Gasteiger partial charge in [-0.25, -0.2) is 4.98 Å². The van der Waals surface area contributed by atoms with Crippen molar-refractivity contribution >= 4 is 11.0 Å². The highest BCUT2D eigenvalue weighted by atomic mass is 16.5. The number of H-pyrrole nitrogens is 1. The molecule has 114 valence electrons. The number of nitrogens with one attached hydrogen (secondary N) is 1. The van der Waals surface area contributed by atoms with E-state index in [1.807, 2.05) is 6.92 Å². The van der Waals surface area contributed by atoms with E-state index in [0.717, 1.165) is 33.7 Å². The Morgan fingerprint density at radius 1 is 0.955 bits per heavy atom. The number of imidazole rings is 1. The van der Waals surface area contributed by atoms with E-state index in [2.05, 4.69) is 68.0 Å². The third-order valence-electron chi connectivity index (χ3n) is 4.20. The number of rotatable bonds is 3. The van der Waals surface area contributed by atoms with E-state index in [0.29, 0.717) is 0 Å². The summed E-state index contributed by atoms with van der Waals surface area (Å²) < 4.78 is 6.16. The van der Waals surface area contributed by atoms with Gasteiger partial charge in [0.05, 0.1) is 11.0 Å². The fraction of sp³-hybridized carbons (Fsp3) is 0.316. The molecular weight excluding hydrogens is 272 g/mol. The van der Waals surface area contributed by atoms with Gasteiger partial charge in [0, 0.05) is 0 Å². The smallest absolute Gasteiger partial charge is 0.153 e. The minimum atomic E-state index is -0.118. The summed E-state index contributed by atoms with van der Waals surface area (Å²) in [5.74, 6) is 1.81. The molecular formula is C19H22N2O. The zero-order valence-electron chi connectivity index (χ0n) is 13.8. The Bertz CT molecular complexity index is 774. The van der Waals surface area contributed by atoms with Crippen molar-refractivity contribution in [3.05, 3.63) is 58.4 Å². The molecule has 0 fully saturated rings. The Labute approximate surface area is 131 Å². The van der Waals surface area contributed by atoms with Crippen LogP contribution in [0, 0.1) is 27.7 Å². The lowest BCUT2D eigenvalue weighted by molar-refractivity contribution is 0.215. The summed E-state index contributed by atoms with van der Waals surface area (Å²) in [5.41, 5.74) is 6.88. The van der Waals surface area contributed by atoms with Crippen molar-refractivity contribution in [1.82, 2.24) is 9.97 Å². The van der Waals surface area contributed by atoms with Crippen molar-refractivity contribution in [2.75, 3.05) is 0 Å². The van der Waals surface area contributed by atoms with Crippen molar-refractivity contribution in [3.63, 3.8) is 0 Å². The maximum Gasteiger partial charge on any atom is 0.153 e. The van der Waals surface area contributed by atoms with Crippen LogP contribution in [-0.2, 0) is 0 Å². The Balaban J connectivity index is 1.94. The molecule has 0 amide bonds. The number of hydrogen-bond donors (Lipinski definition) is 1. The Morgan fingerprint density at radius 3 is 2.27 bits per heavy atom. The van der Waals surface area contributed by atoms with Gasteiger partial charge in [0.2, 0.25) is 0 Å². The molecule has 0 bridgehead atoms. The van der Waals surface area contributed by atoms with E-state index in [9.17, 15) is 0 Å². The van der Waals surface area contributed by atoms with Crippen LogP contribution in [0.5, 0.6) is 5.75 Å². The van der Waals surface area contributed by atoms with Gasteiger partial charge in [0.1, 0.15) is 11.6 Å². The van der Waals surface area contributed by atoms with E-state index in [-0.39, 0.29) is 6.10 Å². The fourth-order valence-corrected chi connectivity index (χ4v) is 2.70. The molecule has 3 nitrogen and oxygen atoms in total. The number of hydrogen-bond acceptors (Lipinski definition) is 2. The zero-order chi connectivity index (χ0) is 15.9. The topological polar surface area (TPSA) is 37.9 Å². The lowest BCUT2D eigenvalue weighted by Gasteiger charge is -2.16. The first-order valence-corrected chi connectivity index (χ1v) is 7.65. The maximum atomic E-state index is 6.16. The lowest BCUT2D eigenvalue weighted by Crippen LogP contribution is -2.07. The average molecular weight is 294 g/mol. The second-order valence-electron chi connectivity index (χ2n) is 6.06. The van der Waals surface area contributed by atoms with Crippen molar-refractivity contribution in [3.8, 4) is 5.75 Å². The van der Waals surface area contributed by atoms with E-state index < -0.39 is 0 Å². The molecule has 0 unspecified atom stereocenters. The van der Waals surface area contributed by atoms with Crippen molar-refractivity contribution in [2.24, 2.45) is 0 Å². The van der Waals surface area contributed by atoms with Gasteiger partial charge < -0.3 is 9.72 Å². The zero-order valence-corrected chi connectivity index (χ0v) is 13.8. The predicted molar refractivity (Wildman–Crippen MR) is 90.5 cm³/mol. The normalized spacial score (nSPS) is 12.6. The minimum absolute atomic E-state index is 0.118. The monoisotopic (exact) mass is 294 g/mol. The van der Waals surface area contributed by atoms with E-state index in [1.165, 1.54) is 11.1 Å². The molecule has 0 spiro atoms. The van der Waals surface area contributed by atoms with E-state index >= 15 is 0 Å². The van der Waals surface area contributed by atoms with Crippen LogP contribution in [0.1, 0.15) is 41.1 Å². The molecule has 3 heteroatoms. The third-order valence-corrected chi connectivity index (χ3v) is 4.20. The first-order valence-electron chi connectivity index (χ1n) is 7.65. The summed E-state index contributed by atoms with van der Waals surface area (Å²) in [5, 5.41) is 0. The number of ether oxygens (including phenoxy) is 1. The number of fused-ring (bicyclic) bond motifs is 1. The molecule has 0 aliphatic rings. The van der Waals surface area contributed by atoms with E-state index in [1.54, 1.807) is 0 Å². The molecule has 1 aromatic heterocycles. The largest absolute Gasteiger partial charge is 0.482 e. The van der Waals surface area contributed by atoms with Crippen LogP contribution < -0.4 is 4.74 Å². The molecule has 3 aromatic rings. The number of aromatic nitrogens is 2. The fourth-order valence-electron chi connectivity index (χ4n) is 2.70.